The molecule has 0 saturated carbocycles. The smallest absolute Gasteiger partial charge is 0.140 e. The maximum absolute atomic E-state index is 11.9. The van der Waals surface area contributed by atoms with Crippen molar-refractivity contribution in [2.75, 3.05) is 19.8 Å². The van der Waals surface area contributed by atoms with Crippen LogP contribution in [0.3, 0.4) is 0 Å². The average Bonchev–Trinajstić information content (AvgIpc) is 2.63. The zero-order chi connectivity index (χ0) is 11.3. The van der Waals surface area contributed by atoms with Crippen molar-refractivity contribution in [1.29, 1.82) is 0 Å². The summed E-state index contributed by atoms with van der Waals surface area (Å²) in [6, 6.07) is 0.215. The van der Waals surface area contributed by atoms with E-state index in [1.54, 1.807) is 0 Å². The molecule has 2 unspecified atom stereocenters. The van der Waals surface area contributed by atoms with Crippen LogP contribution in [-0.2, 0) is 9.53 Å². The zero-order valence-electron chi connectivity index (χ0n) is 9.71. The molecule has 86 valence electrons. The van der Waals surface area contributed by atoms with Crippen LogP contribution in [0.25, 0.3) is 0 Å². The van der Waals surface area contributed by atoms with Gasteiger partial charge >= 0.3 is 0 Å². The maximum atomic E-state index is 11.9. The van der Waals surface area contributed by atoms with Gasteiger partial charge in [-0.15, -0.1) is 6.58 Å². The van der Waals surface area contributed by atoms with E-state index in [4.69, 9.17) is 4.74 Å². The normalized spacial score (nSPS) is 25.5. The summed E-state index contributed by atoms with van der Waals surface area (Å²) in [6.07, 6.45) is 1.40. The summed E-state index contributed by atoms with van der Waals surface area (Å²) in [7, 11) is 0. The molecule has 1 heterocycles. The highest BCUT2D eigenvalue weighted by molar-refractivity contribution is 5.82. The standard InChI is InChI=1S/C12H21NO2/c1-4-13-11-8-15-7-10(11)12(14)6-5-9(2)3/h10-11,13H,2,4-8H2,1,3H3. The molecular formula is C12H21NO2. The van der Waals surface area contributed by atoms with Crippen LogP contribution in [0.15, 0.2) is 12.2 Å². The van der Waals surface area contributed by atoms with Gasteiger partial charge < -0.3 is 10.1 Å². The summed E-state index contributed by atoms with van der Waals surface area (Å²) in [5.74, 6) is 0.353. The number of ketones is 1. The zero-order valence-corrected chi connectivity index (χ0v) is 9.71. The monoisotopic (exact) mass is 211 g/mol. The molecule has 2 atom stereocenters. The first-order valence-corrected chi connectivity index (χ1v) is 5.63. The van der Waals surface area contributed by atoms with Crippen LogP contribution in [0, 0.1) is 5.92 Å². The largest absolute Gasteiger partial charge is 0.379 e. The maximum Gasteiger partial charge on any atom is 0.140 e. The molecule has 0 aromatic heterocycles. The van der Waals surface area contributed by atoms with E-state index in [1.807, 2.05) is 13.8 Å². The van der Waals surface area contributed by atoms with Gasteiger partial charge in [-0.1, -0.05) is 12.5 Å². The highest BCUT2D eigenvalue weighted by atomic mass is 16.5. The van der Waals surface area contributed by atoms with Gasteiger partial charge in [0, 0.05) is 12.5 Å². The second kappa shape index (κ2) is 6.03. The quantitative estimate of drug-likeness (QED) is 0.677. The topological polar surface area (TPSA) is 38.3 Å². The average molecular weight is 211 g/mol. The van der Waals surface area contributed by atoms with Crippen LogP contribution in [0.4, 0.5) is 0 Å². The minimum absolute atomic E-state index is 0.0456. The summed E-state index contributed by atoms with van der Waals surface area (Å²) < 4.78 is 5.34. The Morgan fingerprint density at radius 3 is 2.80 bits per heavy atom. The molecule has 0 aliphatic carbocycles. The molecule has 3 heteroatoms. The minimum Gasteiger partial charge on any atom is -0.379 e. The third-order valence-corrected chi connectivity index (χ3v) is 2.76. The lowest BCUT2D eigenvalue weighted by Gasteiger charge is -2.16. The van der Waals surface area contributed by atoms with Crippen molar-refractivity contribution in [3.05, 3.63) is 12.2 Å². The van der Waals surface area contributed by atoms with Gasteiger partial charge in [0.25, 0.3) is 0 Å². The Labute approximate surface area is 91.9 Å². The number of carbonyl (C=O) groups is 1. The fourth-order valence-electron chi connectivity index (χ4n) is 1.86. The molecule has 0 bridgehead atoms. The predicted octanol–water partition coefficient (Wildman–Crippen LogP) is 1.54. The number of hydrogen-bond acceptors (Lipinski definition) is 3. The van der Waals surface area contributed by atoms with E-state index < -0.39 is 0 Å². The van der Waals surface area contributed by atoms with E-state index in [2.05, 4.69) is 11.9 Å². The van der Waals surface area contributed by atoms with Gasteiger partial charge in [0.1, 0.15) is 5.78 Å². The summed E-state index contributed by atoms with van der Waals surface area (Å²) in [6.45, 7) is 9.95. The summed E-state index contributed by atoms with van der Waals surface area (Å²) >= 11 is 0. The van der Waals surface area contributed by atoms with Crippen molar-refractivity contribution in [2.45, 2.75) is 32.7 Å². The van der Waals surface area contributed by atoms with Crippen LogP contribution in [0.2, 0.25) is 0 Å². The molecule has 0 spiro atoms. The third-order valence-electron chi connectivity index (χ3n) is 2.76. The molecule has 1 aliphatic heterocycles. The van der Waals surface area contributed by atoms with E-state index in [0.29, 0.717) is 25.4 Å². The molecule has 1 saturated heterocycles. The number of Topliss-reactive ketones (excluding diaryl/α,β-unsaturated/α-hetero) is 1. The van der Waals surface area contributed by atoms with Crippen molar-refractivity contribution < 1.29 is 9.53 Å². The molecule has 3 nitrogen and oxygen atoms in total. The van der Waals surface area contributed by atoms with Crippen molar-refractivity contribution in [1.82, 2.24) is 5.32 Å². The number of allylic oxidation sites excluding steroid dienone is 1. The lowest BCUT2D eigenvalue weighted by atomic mass is 9.94. The molecule has 15 heavy (non-hydrogen) atoms. The summed E-state index contributed by atoms with van der Waals surface area (Å²) in [5, 5.41) is 3.29. The van der Waals surface area contributed by atoms with Crippen LogP contribution >= 0.6 is 0 Å². The van der Waals surface area contributed by atoms with E-state index >= 15 is 0 Å². The van der Waals surface area contributed by atoms with Crippen molar-refractivity contribution in [3.8, 4) is 0 Å². The number of hydrogen-bond donors (Lipinski definition) is 1. The first kappa shape index (κ1) is 12.4. The molecule has 0 aromatic carbocycles. The molecule has 0 radical (unpaired) electrons. The van der Waals surface area contributed by atoms with E-state index in [0.717, 1.165) is 18.5 Å². The minimum atomic E-state index is 0.0456. The number of nitrogens with one attached hydrogen (secondary N) is 1. The fraction of sp³-hybridized carbons (Fsp3) is 0.750. The molecule has 1 N–H and O–H groups in total. The Bertz CT molecular complexity index is 238. The second-order valence-electron chi connectivity index (χ2n) is 4.23. The molecular weight excluding hydrogens is 190 g/mol. The number of rotatable bonds is 6. The van der Waals surface area contributed by atoms with Crippen LogP contribution in [-0.4, -0.2) is 31.6 Å². The van der Waals surface area contributed by atoms with Gasteiger partial charge in [0.2, 0.25) is 0 Å². The number of ether oxygens (including phenoxy) is 1. The molecule has 0 amide bonds. The summed E-state index contributed by atoms with van der Waals surface area (Å²) in [4.78, 5) is 11.9. The van der Waals surface area contributed by atoms with E-state index in [1.165, 1.54) is 0 Å². The number of likely N-dealkylation sites (N-methyl/N-ethyl adjacent to an activating group) is 1. The first-order chi connectivity index (χ1) is 7.15. The Hall–Kier alpha value is -0.670. The van der Waals surface area contributed by atoms with Gasteiger partial charge in [-0.25, -0.2) is 0 Å². The fourth-order valence-corrected chi connectivity index (χ4v) is 1.86. The highest BCUT2D eigenvalue weighted by Crippen LogP contribution is 2.18. The predicted molar refractivity (Wildman–Crippen MR) is 60.8 cm³/mol. The third kappa shape index (κ3) is 3.76. The molecule has 0 aromatic rings. The van der Waals surface area contributed by atoms with Gasteiger partial charge in [-0.2, -0.15) is 0 Å². The van der Waals surface area contributed by atoms with E-state index in [9.17, 15) is 4.79 Å². The van der Waals surface area contributed by atoms with Crippen LogP contribution < -0.4 is 5.32 Å². The SMILES string of the molecule is C=C(C)CCC(=O)C1COCC1NCC. The Morgan fingerprint density at radius 2 is 2.20 bits per heavy atom. The van der Waals surface area contributed by atoms with E-state index in [-0.39, 0.29) is 12.0 Å². The Kier molecular flexibility index (Phi) is 4.99. The lowest BCUT2D eigenvalue weighted by molar-refractivity contribution is -0.123. The van der Waals surface area contributed by atoms with Crippen molar-refractivity contribution in [2.24, 2.45) is 5.92 Å². The molecule has 1 aliphatic rings. The van der Waals surface area contributed by atoms with Gasteiger partial charge in [0.05, 0.1) is 19.1 Å². The molecule has 1 rings (SSSR count). The van der Waals surface area contributed by atoms with Crippen molar-refractivity contribution >= 4 is 5.78 Å². The van der Waals surface area contributed by atoms with Crippen LogP contribution in [0.5, 0.6) is 0 Å². The summed E-state index contributed by atoms with van der Waals surface area (Å²) in [5.41, 5.74) is 1.07. The lowest BCUT2D eigenvalue weighted by Crippen LogP contribution is -2.39. The van der Waals surface area contributed by atoms with Gasteiger partial charge in [-0.05, 0) is 19.9 Å². The van der Waals surface area contributed by atoms with Gasteiger partial charge in [-0.3, -0.25) is 4.79 Å². The molecule has 1 fully saturated rings. The van der Waals surface area contributed by atoms with Gasteiger partial charge in [0.15, 0.2) is 0 Å². The Balaban J connectivity index is 2.40. The second-order valence-corrected chi connectivity index (χ2v) is 4.23. The van der Waals surface area contributed by atoms with Crippen molar-refractivity contribution in [3.63, 3.8) is 0 Å². The highest BCUT2D eigenvalue weighted by Gasteiger charge is 2.32. The first-order valence-electron chi connectivity index (χ1n) is 5.63. The van der Waals surface area contributed by atoms with Crippen LogP contribution in [0.1, 0.15) is 26.7 Å². The number of carbonyl (C=O) groups excluding carboxylic acids is 1. The Morgan fingerprint density at radius 1 is 1.47 bits per heavy atom.